The Morgan fingerprint density at radius 2 is 1.96 bits per heavy atom. The van der Waals surface area contributed by atoms with Crippen molar-refractivity contribution in [2.75, 3.05) is 7.11 Å². The summed E-state index contributed by atoms with van der Waals surface area (Å²) in [4.78, 5) is 0. The molecule has 27 heavy (non-hydrogen) atoms. The number of methoxy groups -OCH3 is 1. The van der Waals surface area contributed by atoms with Crippen LogP contribution in [0.3, 0.4) is 0 Å². The Balaban J connectivity index is 1.63. The zero-order chi connectivity index (χ0) is 18.6. The van der Waals surface area contributed by atoms with Gasteiger partial charge in [0.2, 0.25) is 0 Å². The molecule has 6 heteroatoms. The van der Waals surface area contributed by atoms with Crippen LogP contribution in [-0.2, 0) is 0 Å². The van der Waals surface area contributed by atoms with Gasteiger partial charge in [-0.1, -0.05) is 39.7 Å². The highest BCUT2D eigenvalue weighted by Crippen LogP contribution is 2.55. The molecule has 0 unspecified atom stereocenters. The van der Waals surface area contributed by atoms with E-state index in [-0.39, 0.29) is 11.8 Å². The standard InChI is InChI=1S/C21H20BrClN2O2/c1-26-19-11-14(22)10-16-18-12-17(13-4-6-15(23)7-5-13)24-25(18)21(27-20(16)19)8-2-3-9-21/h4-7,10-11,18H,2-3,8-9,12H2,1H3/t18-/m0/s1. The third-order valence-electron chi connectivity index (χ3n) is 5.81. The van der Waals surface area contributed by atoms with Crippen LogP contribution in [0.4, 0.5) is 0 Å². The minimum atomic E-state index is -0.368. The number of hydrazone groups is 1. The first-order valence-corrected chi connectivity index (χ1v) is 10.5. The average molecular weight is 448 g/mol. The van der Waals surface area contributed by atoms with E-state index >= 15 is 0 Å². The third-order valence-corrected chi connectivity index (χ3v) is 6.52. The maximum Gasteiger partial charge on any atom is 0.198 e. The van der Waals surface area contributed by atoms with Gasteiger partial charge in [0, 0.05) is 34.3 Å². The van der Waals surface area contributed by atoms with Crippen molar-refractivity contribution >= 4 is 33.2 Å². The van der Waals surface area contributed by atoms with Gasteiger partial charge >= 0.3 is 0 Å². The van der Waals surface area contributed by atoms with Gasteiger partial charge in [-0.15, -0.1) is 0 Å². The summed E-state index contributed by atoms with van der Waals surface area (Å²) in [5.74, 6) is 1.65. The van der Waals surface area contributed by atoms with Crippen LogP contribution < -0.4 is 9.47 Å². The fourth-order valence-corrected chi connectivity index (χ4v) is 5.12. The molecule has 2 aromatic rings. The molecule has 0 radical (unpaired) electrons. The van der Waals surface area contributed by atoms with Crippen LogP contribution in [0.5, 0.6) is 11.5 Å². The lowest BCUT2D eigenvalue weighted by atomic mass is 9.93. The topological polar surface area (TPSA) is 34.1 Å². The van der Waals surface area contributed by atoms with E-state index in [9.17, 15) is 0 Å². The highest BCUT2D eigenvalue weighted by molar-refractivity contribution is 9.10. The molecule has 0 bridgehead atoms. The Morgan fingerprint density at radius 3 is 2.67 bits per heavy atom. The van der Waals surface area contributed by atoms with Crippen molar-refractivity contribution in [3.63, 3.8) is 0 Å². The maximum absolute atomic E-state index is 6.63. The lowest BCUT2D eigenvalue weighted by Crippen LogP contribution is -2.51. The minimum absolute atomic E-state index is 0.156. The van der Waals surface area contributed by atoms with Crippen LogP contribution in [0, 0.1) is 0 Å². The highest BCUT2D eigenvalue weighted by atomic mass is 79.9. The first-order chi connectivity index (χ1) is 13.1. The second kappa shape index (κ2) is 6.42. The Hall–Kier alpha value is -1.72. The number of benzene rings is 2. The van der Waals surface area contributed by atoms with Gasteiger partial charge in [-0.2, -0.15) is 5.10 Å². The van der Waals surface area contributed by atoms with Crippen molar-refractivity contribution in [2.24, 2.45) is 5.10 Å². The molecule has 1 saturated carbocycles. The van der Waals surface area contributed by atoms with Crippen molar-refractivity contribution in [3.05, 3.63) is 57.0 Å². The van der Waals surface area contributed by atoms with Crippen molar-refractivity contribution < 1.29 is 9.47 Å². The molecule has 0 amide bonds. The van der Waals surface area contributed by atoms with Crippen LogP contribution in [0.15, 0.2) is 46.0 Å². The van der Waals surface area contributed by atoms with Crippen LogP contribution in [0.25, 0.3) is 0 Å². The summed E-state index contributed by atoms with van der Waals surface area (Å²) in [7, 11) is 1.70. The van der Waals surface area contributed by atoms with Crippen LogP contribution in [-0.4, -0.2) is 23.6 Å². The fourth-order valence-electron chi connectivity index (χ4n) is 4.54. The van der Waals surface area contributed by atoms with E-state index in [4.69, 9.17) is 26.2 Å². The van der Waals surface area contributed by atoms with Gasteiger partial charge in [-0.25, -0.2) is 5.01 Å². The molecule has 4 nitrogen and oxygen atoms in total. The SMILES string of the molecule is COc1cc(Br)cc2c1OC1(CCCC1)N1N=C(c3ccc(Cl)cc3)C[C@@H]21. The summed E-state index contributed by atoms with van der Waals surface area (Å²) in [5.41, 5.74) is 2.96. The number of ether oxygens (including phenoxy) is 2. The smallest absolute Gasteiger partial charge is 0.198 e. The molecule has 0 saturated heterocycles. The fraction of sp³-hybridized carbons (Fsp3) is 0.381. The summed E-state index contributed by atoms with van der Waals surface area (Å²) in [5, 5.41) is 8.02. The van der Waals surface area contributed by atoms with E-state index in [1.165, 1.54) is 0 Å². The summed E-state index contributed by atoms with van der Waals surface area (Å²) in [6.45, 7) is 0. The predicted molar refractivity (Wildman–Crippen MR) is 110 cm³/mol. The maximum atomic E-state index is 6.63. The number of nitrogens with zero attached hydrogens (tertiary/aromatic N) is 2. The zero-order valence-corrected chi connectivity index (χ0v) is 17.4. The Morgan fingerprint density at radius 1 is 1.22 bits per heavy atom. The highest BCUT2D eigenvalue weighted by Gasteiger charge is 2.52. The van der Waals surface area contributed by atoms with E-state index in [2.05, 4.69) is 27.0 Å². The second-order valence-electron chi connectivity index (χ2n) is 7.40. The number of hydrogen-bond donors (Lipinski definition) is 0. The molecule has 3 aliphatic rings. The summed E-state index contributed by atoms with van der Waals surface area (Å²) in [6.07, 6.45) is 5.13. The lowest BCUT2D eigenvalue weighted by molar-refractivity contribution is -0.115. The minimum Gasteiger partial charge on any atom is -0.493 e. The molecule has 140 valence electrons. The van der Waals surface area contributed by atoms with Gasteiger partial charge in [-0.05, 0) is 42.7 Å². The van der Waals surface area contributed by atoms with Gasteiger partial charge in [-0.3, -0.25) is 0 Å². The normalized spacial score (nSPS) is 22.3. The number of hydrogen-bond acceptors (Lipinski definition) is 4. The number of halogens is 2. The molecule has 5 rings (SSSR count). The first kappa shape index (κ1) is 17.4. The Kier molecular flexibility index (Phi) is 4.13. The molecule has 0 aromatic heterocycles. The zero-order valence-electron chi connectivity index (χ0n) is 15.0. The van der Waals surface area contributed by atoms with Crippen molar-refractivity contribution in [3.8, 4) is 11.5 Å². The summed E-state index contributed by atoms with van der Waals surface area (Å²) < 4.78 is 13.3. The Bertz CT molecular complexity index is 923. The van der Waals surface area contributed by atoms with Gasteiger partial charge in [0.15, 0.2) is 17.2 Å². The molecule has 1 atom stereocenters. The largest absolute Gasteiger partial charge is 0.493 e. The van der Waals surface area contributed by atoms with Crippen molar-refractivity contribution in [2.45, 2.75) is 43.9 Å². The van der Waals surface area contributed by atoms with E-state index in [0.717, 1.165) is 69.9 Å². The molecule has 2 aliphatic heterocycles. The van der Waals surface area contributed by atoms with E-state index in [0.29, 0.717) is 0 Å². The molecule has 2 aromatic carbocycles. The van der Waals surface area contributed by atoms with E-state index in [1.54, 1.807) is 7.11 Å². The van der Waals surface area contributed by atoms with Crippen molar-refractivity contribution in [1.82, 2.24) is 5.01 Å². The van der Waals surface area contributed by atoms with Gasteiger partial charge in [0.1, 0.15) is 0 Å². The first-order valence-electron chi connectivity index (χ1n) is 9.29. The number of fused-ring (bicyclic) bond motifs is 4. The molecular weight excluding hydrogens is 428 g/mol. The molecule has 2 heterocycles. The van der Waals surface area contributed by atoms with Crippen molar-refractivity contribution in [1.29, 1.82) is 0 Å². The van der Waals surface area contributed by atoms with Gasteiger partial charge in [0.25, 0.3) is 0 Å². The monoisotopic (exact) mass is 446 g/mol. The average Bonchev–Trinajstić information content (AvgIpc) is 3.31. The van der Waals surface area contributed by atoms with E-state index < -0.39 is 0 Å². The summed E-state index contributed by atoms with van der Waals surface area (Å²) >= 11 is 9.68. The van der Waals surface area contributed by atoms with Crippen LogP contribution in [0.1, 0.15) is 49.3 Å². The lowest BCUT2D eigenvalue weighted by Gasteiger charge is -2.46. The molecular formula is C21H20BrClN2O2. The third kappa shape index (κ3) is 2.74. The second-order valence-corrected chi connectivity index (χ2v) is 8.75. The quantitative estimate of drug-likeness (QED) is 0.572. The van der Waals surface area contributed by atoms with E-state index in [1.807, 2.05) is 30.3 Å². The molecule has 1 fully saturated rings. The molecule has 1 aliphatic carbocycles. The summed E-state index contributed by atoms with van der Waals surface area (Å²) in [6, 6.07) is 12.2. The molecule has 1 spiro atoms. The number of rotatable bonds is 2. The van der Waals surface area contributed by atoms with Gasteiger partial charge in [0.05, 0.1) is 18.9 Å². The van der Waals surface area contributed by atoms with Gasteiger partial charge < -0.3 is 9.47 Å². The van der Waals surface area contributed by atoms with Crippen LogP contribution in [0.2, 0.25) is 5.02 Å². The Labute approximate surface area is 172 Å². The molecule has 0 N–H and O–H groups in total. The van der Waals surface area contributed by atoms with Crippen LogP contribution >= 0.6 is 27.5 Å². The predicted octanol–water partition coefficient (Wildman–Crippen LogP) is 5.92.